The van der Waals surface area contributed by atoms with E-state index in [2.05, 4.69) is 53.0 Å². The minimum absolute atomic E-state index is 0.0557. The van der Waals surface area contributed by atoms with E-state index in [1.54, 1.807) is 12.1 Å². The van der Waals surface area contributed by atoms with Gasteiger partial charge in [-0.3, -0.25) is 9.78 Å². The Bertz CT molecular complexity index is 1320. The van der Waals surface area contributed by atoms with E-state index in [1.165, 1.54) is 43.5 Å². The lowest BCUT2D eigenvalue weighted by atomic mass is 10.00. The normalized spacial score (nSPS) is 14.1. The largest absolute Gasteiger partial charge is 0.449 e. The molecule has 1 amide bonds. The van der Waals surface area contributed by atoms with Crippen LogP contribution in [0.1, 0.15) is 61.6 Å². The van der Waals surface area contributed by atoms with Crippen molar-refractivity contribution in [2.24, 2.45) is 5.92 Å². The van der Waals surface area contributed by atoms with Crippen molar-refractivity contribution in [3.63, 3.8) is 0 Å². The Morgan fingerprint density at radius 2 is 1.91 bits per heavy atom. The van der Waals surface area contributed by atoms with E-state index in [4.69, 9.17) is 9.40 Å². The third-order valence-corrected chi connectivity index (χ3v) is 6.70. The van der Waals surface area contributed by atoms with Crippen LogP contribution in [0.4, 0.5) is 10.1 Å². The lowest BCUT2D eigenvalue weighted by Gasteiger charge is -2.13. The Balaban J connectivity index is 1.48. The third kappa shape index (κ3) is 4.90. The number of halogens is 1. The van der Waals surface area contributed by atoms with Crippen molar-refractivity contribution in [2.45, 2.75) is 52.0 Å². The van der Waals surface area contributed by atoms with Crippen LogP contribution in [0.2, 0.25) is 0 Å². The van der Waals surface area contributed by atoms with E-state index in [1.807, 2.05) is 6.33 Å². The fourth-order valence-corrected chi connectivity index (χ4v) is 4.73. The summed E-state index contributed by atoms with van der Waals surface area (Å²) in [6, 6.07) is 13.2. The van der Waals surface area contributed by atoms with Crippen molar-refractivity contribution in [1.82, 2.24) is 14.5 Å². The van der Waals surface area contributed by atoms with Crippen LogP contribution < -0.4 is 5.32 Å². The third-order valence-electron chi connectivity index (χ3n) is 6.70. The van der Waals surface area contributed by atoms with Crippen LogP contribution in [0.25, 0.3) is 22.7 Å². The second-order valence-corrected chi connectivity index (χ2v) is 9.49. The van der Waals surface area contributed by atoms with Crippen LogP contribution in [-0.2, 0) is 6.54 Å². The number of aromatic nitrogens is 3. The zero-order valence-corrected chi connectivity index (χ0v) is 20.0. The number of rotatable bonds is 7. The molecule has 1 aliphatic carbocycles. The fourth-order valence-electron chi connectivity index (χ4n) is 4.73. The maximum absolute atomic E-state index is 13.9. The summed E-state index contributed by atoms with van der Waals surface area (Å²) >= 11 is 0. The first-order valence-corrected chi connectivity index (χ1v) is 12.2. The summed E-state index contributed by atoms with van der Waals surface area (Å²) in [6.07, 6.45) is 9.28. The summed E-state index contributed by atoms with van der Waals surface area (Å²) < 4.78 is 22.1. The van der Waals surface area contributed by atoms with Crippen molar-refractivity contribution in [1.29, 1.82) is 0 Å². The molecule has 1 saturated carbocycles. The van der Waals surface area contributed by atoms with Crippen LogP contribution in [0.3, 0.4) is 0 Å². The summed E-state index contributed by atoms with van der Waals surface area (Å²) in [4.78, 5) is 21.2. The van der Waals surface area contributed by atoms with Gasteiger partial charge in [-0.25, -0.2) is 9.37 Å². The van der Waals surface area contributed by atoms with Gasteiger partial charge >= 0.3 is 0 Å². The Hall–Kier alpha value is -3.74. The average molecular weight is 473 g/mol. The molecule has 3 heterocycles. The number of hydrogen-bond acceptors (Lipinski definition) is 4. The molecule has 0 atom stereocenters. The van der Waals surface area contributed by atoms with Crippen molar-refractivity contribution in [2.75, 3.05) is 5.32 Å². The summed E-state index contributed by atoms with van der Waals surface area (Å²) in [7, 11) is 0. The molecular weight excluding hydrogens is 443 g/mol. The second-order valence-electron chi connectivity index (χ2n) is 9.49. The van der Waals surface area contributed by atoms with Crippen LogP contribution in [0.5, 0.6) is 0 Å². The van der Waals surface area contributed by atoms with Gasteiger partial charge in [-0.2, -0.15) is 0 Å². The minimum atomic E-state index is -0.602. The van der Waals surface area contributed by atoms with Crippen LogP contribution in [-0.4, -0.2) is 20.4 Å². The van der Waals surface area contributed by atoms with E-state index >= 15 is 0 Å². The van der Waals surface area contributed by atoms with Gasteiger partial charge in [0.1, 0.15) is 5.69 Å². The molecular formula is C28H29FN4O2. The van der Waals surface area contributed by atoms with E-state index in [-0.39, 0.29) is 11.4 Å². The zero-order valence-electron chi connectivity index (χ0n) is 20.0. The zero-order chi connectivity index (χ0) is 24.4. The molecule has 0 radical (unpaired) electrons. The van der Waals surface area contributed by atoms with Gasteiger partial charge in [0.05, 0.1) is 23.9 Å². The molecule has 35 heavy (non-hydrogen) atoms. The van der Waals surface area contributed by atoms with E-state index < -0.39 is 11.7 Å². The first-order valence-electron chi connectivity index (χ1n) is 12.2. The smallest absolute Gasteiger partial charge is 0.291 e. The van der Waals surface area contributed by atoms with Crippen LogP contribution >= 0.6 is 0 Å². The van der Waals surface area contributed by atoms with Gasteiger partial charge < -0.3 is 14.3 Å². The Kier molecular flexibility index (Phi) is 6.49. The van der Waals surface area contributed by atoms with E-state index in [9.17, 15) is 9.18 Å². The van der Waals surface area contributed by atoms with Gasteiger partial charge in [-0.05, 0) is 48.4 Å². The molecule has 1 aromatic carbocycles. The lowest BCUT2D eigenvalue weighted by molar-refractivity contribution is 0.0997. The highest BCUT2D eigenvalue weighted by Crippen LogP contribution is 2.35. The highest BCUT2D eigenvalue weighted by Gasteiger charge is 2.23. The molecule has 180 valence electrons. The predicted octanol–water partition coefficient (Wildman–Crippen LogP) is 6.91. The standard InChI is InChI=1S/C28H29FN4O2/c1-18(2)20-7-9-21(10-8-20)26-27(33(17-31-26)16-19-5-3-4-6-19)24-11-12-25(35-24)28(34)32-23-13-14-30-15-22(23)29/h7-15,17-19H,3-6,16H2,1-2H3,(H,30,32,34). The Labute approximate surface area is 204 Å². The number of hydrogen-bond donors (Lipinski definition) is 1. The minimum Gasteiger partial charge on any atom is -0.449 e. The fraction of sp³-hybridized carbons (Fsp3) is 0.321. The monoisotopic (exact) mass is 472 g/mol. The van der Waals surface area contributed by atoms with E-state index in [0.29, 0.717) is 17.6 Å². The van der Waals surface area contributed by atoms with Gasteiger partial charge in [0.15, 0.2) is 17.3 Å². The topological polar surface area (TPSA) is 73.0 Å². The molecule has 3 aromatic heterocycles. The highest BCUT2D eigenvalue weighted by atomic mass is 19.1. The number of amides is 1. The number of carbonyl (C=O) groups excluding carboxylic acids is 1. The lowest BCUT2D eigenvalue weighted by Crippen LogP contribution is -2.12. The second kappa shape index (κ2) is 9.86. The summed E-state index contributed by atoms with van der Waals surface area (Å²) in [6.45, 7) is 5.20. The molecule has 0 saturated heterocycles. The molecule has 0 bridgehead atoms. The van der Waals surface area contributed by atoms with Crippen molar-refractivity contribution < 1.29 is 13.6 Å². The van der Waals surface area contributed by atoms with Crippen LogP contribution in [0, 0.1) is 11.7 Å². The van der Waals surface area contributed by atoms with Crippen LogP contribution in [0.15, 0.2) is 65.6 Å². The summed E-state index contributed by atoms with van der Waals surface area (Å²) in [5.74, 6) is 0.585. The predicted molar refractivity (Wildman–Crippen MR) is 134 cm³/mol. The SMILES string of the molecule is CC(C)c1ccc(-c2ncn(CC3CCCC3)c2-c2ccc(C(=O)Nc3ccncc3F)o2)cc1. The maximum atomic E-state index is 13.9. The van der Waals surface area contributed by atoms with Crippen molar-refractivity contribution >= 4 is 11.6 Å². The number of anilines is 1. The first kappa shape index (κ1) is 23.0. The van der Waals surface area contributed by atoms with Crippen molar-refractivity contribution in [3.05, 3.63) is 78.3 Å². The molecule has 7 heteroatoms. The number of benzene rings is 1. The molecule has 0 spiro atoms. The van der Waals surface area contributed by atoms with Gasteiger partial charge in [0.2, 0.25) is 0 Å². The number of imidazole rings is 1. The highest BCUT2D eigenvalue weighted by molar-refractivity contribution is 6.02. The van der Waals surface area contributed by atoms with E-state index in [0.717, 1.165) is 29.7 Å². The molecule has 4 aromatic rings. The number of nitrogens with zero attached hydrogens (tertiary/aromatic N) is 3. The van der Waals surface area contributed by atoms with Crippen molar-refractivity contribution in [3.8, 4) is 22.7 Å². The molecule has 0 aliphatic heterocycles. The molecule has 1 N–H and O–H groups in total. The summed E-state index contributed by atoms with van der Waals surface area (Å²) in [5.41, 5.74) is 3.99. The number of carbonyl (C=O) groups is 1. The Morgan fingerprint density at radius 1 is 1.14 bits per heavy atom. The quantitative estimate of drug-likeness (QED) is 0.317. The molecule has 5 rings (SSSR count). The van der Waals surface area contributed by atoms with Gasteiger partial charge in [-0.15, -0.1) is 0 Å². The molecule has 0 unspecified atom stereocenters. The number of pyridine rings is 1. The molecule has 6 nitrogen and oxygen atoms in total. The molecule has 1 fully saturated rings. The maximum Gasteiger partial charge on any atom is 0.291 e. The number of nitrogens with one attached hydrogen (secondary N) is 1. The van der Waals surface area contributed by atoms with Gasteiger partial charge in [-0.1, -0.05) is 51.0 Å². The van der Waals surface area contributed by atoms with Gasteiger partial charge in [0.25, 0.3) is 5.91 Å². The number of furan rings is 1. The Morgan fingerprint density at radius 3 is 2.63 bits per heavy atom. The van der Waals surface area contributed by atoms with Gasteiger partial charge in [0, 0.05) is 18.3 Å². The summed E-state index contributed by atoms with van der Waals surface area (Å²) in [5, 5.41) is 2.55. The first-order chi connectivity index (χ1) is 17.0. The molecule has 1 aliphatic rings. The average Bonchev–Trinajstić information content (AvgIpc) is 3.62.